The highest BCUT2D eigenvalue weighted by Crippen LogP contribution is 2.18. The monoisotopic (exact) mass is 282 g/mol. The summed E-state index contributed by atoms with van der Waals surface area (Å²) in [4.78, 5) is 6.74. The number of halogens is 1. The lowest BCUT2D eigenvalue weighted by atomic mass is 10.1. The third-order valence-electron chi connectivity index (χ3n) is 3.25. The molecule has 0 radical (unpaired) electrons. The minimum absolute atomic E-state index is 0.482. The summed E-state index contributed by atoms with van der Waals surface area (Å²) in [6, 6.07) is 4.21. The first kappa shape index (κ1) is 16.3. The molecule has 1 heterocycles. The summed E-state index contributed by atoms with van der Waals surface area (Å²) in [6.07, 6.45) is 4.30. The molecule has 0 bridgehead atoms. The molecule has 1 aromatic rings. The van der Waals surface area contributed by atoms with Crippen molar-refractivity contribution in [3.05, 3.63) is 24.0 Å². The molecule has 108 valence electrons. The third-order valence-corrected chi connectivity index (χ3v) is 3.53. The van der Waals surface area contributed by atoms with Crippen molar-refractivity contribution in [3.8, 4) is 0 Å². The molecular formula is C16H27ClN2. The van der Waals surface area contributed by atoms with Crippen molar-refractivity contribution in [1.82, 2.24) is 4.98 Å². The molecule has 0 spiro atoms. The molecule has 1 aromatic heterocycles. The van der Waals surface area contributed by atoms with E-state index in [1.165, 1.54) is 18.5 Å². The Bertz CT molecular complexity index is 352. The van der Waals surface area contributed by atoms with Crippen molar-refractivity contribution >= 4 is 17.3 Å². The Balaban J connectivity index is 2.74. The average molecular weight is 283 g/mol. The normalized spacial score (nSPS) is 11.3. The molecule has 0 saturated carbocycles. The van der Waals surface area contributed by atoms with E-state index in [9.17, 15) is 0 Å². The number of aromatic nitrogens is 1. The molecule has 0 amide bonds. The van der Waals surface area contributed by atoms with Crippen LogP contribution in [-0.4, -0.2) is 18.1 Å². The highest BCUT2D eigenvalue weighted by Gasteiger charge is 2.09. The van der Waals surface area contributed by atoms with Gasteiger partial charge in [-0.25, -0.2) is 0 Å². The molecule has 2 nitrogen and oxygen atoms in total. The lowest BCUT2D eigenvalue weighted by Gasteiger charge is -2.26. The Morgan fingerprint density at radius 3 is 2.16 bits per heavy atom. The Morgan fingerprint density at radius 1 is 1.11 bits per heavy atom. The van der Waals surface area contributed by atoms with E-state index < -0.39 is 0 Å². The molecule has 1 rings (SSSR count). The predicted molar refractivity (Wildman–Crippen MR) is 84.9 cm³/mol. The van der Waals surface area contributed by atoms with Gasteiger partial charge in [0.05, 0.1) is 11.6 Å². The molecule has 0 aliphatic rings. The van der Waals surface area contributed by atoms with Crippen LogP contribution in [0.5, 0.6) is 0 Å². The number of anilines is 1. The fraction of sp³-hybridized carbons (Fsp3) is 0.688. The molecule has 0 N–H and O–H groups in total. The lowest BCUT2D eigenvalue weighted by molar-refractivity contribution is 0.535. The van der Waals surface area contributed by atoms with Crippen molar-refractivity contribution in [2.24, 2.45) is 11.8 Å². The van der Waals surface area contributed by atoms with Gasteiger partial charge >= 0.3 is 0 Å². The van der Waals surface area contributed by atoms with Crippen molar-refractivity contribution in [3.63, 3.8) is 0 Å². The zero-order chi connectivity index (χ0) is 14.3. The van der Waals surface area contributed by atoms with Crippen LogP contribution in [0.15, 0.2) is 18.3 Å². The smallest absolute Gasteiger partial charge is 0.0648 e. The van der Waals surface area contributed by atoms with Crippen LogP contribution in [-0.2, 0) is 5.88 Å². The first-order valence-corrected chi connectivity index (χ1v) is 7.82. The molecule has 0 fully saturated rings. The van der Waals surface area contributed by atoms with Crippen molar-refractivity contribution in [1.29, 1.82) is 0 Å². The van der Waals surface area contributed by atoms with Gasteiger partial charge in [0.2, 0.25) is 0 Å². The van der Waals surface area contributed by atoms with Crippen LogP contribution in [0.4, 0.5) is 5.69 Å². The standard InChI is InChI=1S/C16H27ClN2/c1-13(2)6-9-19(10-7-14(3)4)16-5-8-18-15(11-16)12-17/h5,8,11,13-14H,6-7,9-10,12H2,1-4H3. The molecule has 0 aliphatic heterocycles. The van der Waals surface area contributed by atoms with Gasteiger partial charge in [-0.15, -0.1) is 11.6 Å². The first-order valence-electron chi connectivity index (χ1n) is 7.28. The fourth-order valence-electron chi connectivity index (χ4n) is 1.93. The van der Waals surface area contributed by atoms with Gasteiger partial charge in [0.15, 0.2) is 0 Å². The second-order valence-electron chi connectivity index (χ2n) is 5.99. The van der Waals surface area contributed by atoms with Crippen LogP contribution in [0.1, 0.15) is 46.2 Å². The van der Waals surface area contributed by atoms with E-state index in [2.05, 4.69) is 49.7 Å². The first-order chi connectivity index (χ1) is 9.02. The van der Waals surface area contributed by atoms with Crippen LogP contribution in [0.3, 0.4) is 0 Å². The Labute approximate surface area is 123 Å². The molecule has 19 heavy (non-hydrogen) atoms. The number of hydrogen-bond donors (Lipinski definition) is 0. The average Bonchev–Trinajstić information content (AvgIpc) is 2.38. The lowest BCUT2D eigenvalue weighted by Crippen LogP contribution is -2.27. The van der Waals surface area contributed by atoms with Gasteiger partial charge in [0.25, 0.3) is 0 Å². The number of alkyl halides is 1. The number of nitrogens with zero attached hydrogens (tertiary/aromatic N) is 2. The minimum atomic E-state index is 0.482. The van der Waals surface area contributed by atoms with E-state index in [1.807, 2.05) is 6.20 Å². The summed E-state index contributed by atoms with van der Waals surface area (Å²) in [7, 11) is 0. The number of rotatable bonds is 8. The van der Waals surface area contributed by atoms with E-state index in [1.54, 1.807) is 0 Å². The van der Waals surface area contributed by atoms with Crippen LogP contribution in [0.25, 0.3) is 0 Å². The van der Waals surface area contributed by atoms with Crippen LogP contribution >= 0.6 is 11.6 Å². The Morgan fingerprint density at radius 2 is 1.68 bits per heavy atom. The largest absolute Gasteiger partial charge is 0.371 e. The van der Waals surface area contributed by atoms with Gasteiger partial charge < -0.3 is 4.90 Å². The predicted octanol–water partition coefficient (Wildman–Crippen LogP) is 4.72. The molecule has 3 heteroatoms. The molecular weight excluding hydrogens is 256 g/mol. The summed E-state index contributed by atoms with van der Waals surface area (Å²) in [6.45, 7) is 11.3. The molecule has 0 atom stereocenters. The highest BCUT2D eigenvalue weighted by atomic mass is 35.5. The van der Waals surface area contributed by atoms with Gasteiger partial charge in [0.1, 0.15) is 0 Å². The third kappa shape index (κ3) is 6.29. The maximum atomic E-state index is 5.88. The summed E-state index contributed by atoms with van der Waals surface area (Å²) < 4.78 is 0. The van der Waals surface area contributed by atoms with Gasteiger partial charge in [-0.2, -0.15) is 0 Å². The van der Waals surface area contributed by atoms with Crippen LogP contribution < -0.4 is 4.90 Å². The minimum Gasteiger partial charge on any atom is -0.371 e. The zero-order valence-electron chi connectivity index (χ0n) is 12.7. The number of hydrogen-bond acceptors (Lipinski definition) is 2. The van der Waals surface area contributed by atoms with E-state index >= 15 is 0 Å². The summed E-state index contributed by atoms with van der Waals surface area (Å²) in [5, 5.41) is 0. The zero-order valence-corrected chi connectivity index (χ0v) is 13.5. The highest BCUT2D eigenvalue weighted by molar-refractivity contribution is 6.16. The molecule has 0 aliphatic carbocycles. The van der Waals surface area contributed by atoms with Gasteiger partial charge in [-0.05, 0) is 36.8 Å². The van der Waals surface area contributed by atoms with Crippen LogP contribution in [0.2, 0.25) is 0 Å². The summed E-state index contributed by atoms with van der Waals surface area (Å²) in [5.41, 5.74) is 2.21. The maximum absolute atomic E-state index is 5.88. The van der Waals surface area contributed by atoms with Gasteiger partial charge in [-0.1, -0.05) is 27.7 Å². The van der Waals surface area contributed by atoms with E-state index in [0.717, 1.165) is 30.6 Å². The summed E-state index contributed by atoms with van der Waals surface area (Å²) in [5.74, 6) is 1.95. The SMILES string of the molecule is CC(C)CCN(CCC(C)C)c1ccnc(CCl)c1. The van der Waals surface area contributed by atoms with Crippen molar-refractivity contribution in [2.75, 3.05) is 18.0 Å². The quantitative estimate of drug-likeness (QED) is 0.642. The fourth-order valence-corrected chi connectivity index (χ4v) is 2.08. The summed E-state index contributed by atoms with van der Waals surface area (Å²) >= 11 is 5.88. The second kappa shape index (κ2) is 8.42. The van der Waals surface area contributed by atoms with E-state index in [0.29, 0.717) is 5.88 Å². The van der Waals surface area contributed by atoms with E-state index in [-0.39, 0.29) is 0 Å². The van der Waals surface area contributed by atoms with E-state index in [4.69, 9.17) is 11.6 Å². The number of pyridine rings is 1. The topological polar surface area (TPSA) is 16.1 Å². The molecule has 0 aromatic carbocycles. The van der Waals surface area contributed by atoms with Gasteiger partial charge in [-0.3, -0.25) is 4.98 Å². The van der Waals surface area contributed by atoms with Gasteiger partial charge in [0, 0.05) is 25.0 Å². The maximum Gasteiger partial charge on any atom is 0.0648 e. The second-order valence-corrected chi connectivity index (χ2v) is 6.26. The Hall–Kier alpha value is -0.760. The van der Waals surface area contributed by atoms with Crippen molar-refractivity contribution < 1.29 is 0 Å². The van der Waals surface area contributed by atoms with Crippen molar-refractivity contribution in [2.45, 2.75) is 46.4 Å². The molecule has 0 saturated heterocycles. The Kier molecular flexibility index (Phi) is 7.22. The van der Waals surface area contributed by atoms with Crippen LogP contribution in [0, 0.1) is 11.8 Å². The molecule has 0 unspecified atom stereocenters.